The van der Waals surface area contributed by atoms with E-state index in [1.165, 1.54) is 11.1 Å². The molecule has 0 saturated heterocycles. The molecule has 0 aliphatic rings. The first kappa shape index (κ1) is 13.1. The van der Waals surface area contributed by atoms with Crippen LogP contribution < -0.4 is 5.73 Å². The van der Waals surface area contributed by atoms with E-state index in [0.717, 1.165) is 4.21 Å². The Hall–Kier alpha value is -0.930. The maximum Gasteiger partial charge on any atom is 0.0574 e. The van der Waals surface area contributed by atoms with Crippen LogP contribution >= 0.6 is 24.0 Å². The average Bonchev–Trinajstić information content (AvgIpc) is 2.55. The highest BCUT2D eigenvalue weighted by molar-refractivity contribution is 7.82. The highest BCUT2D eigenvalue weighted by Crippen LogP contribution is 2.20. The molecule has 0 bridgehead atoms. The van der Waals surface area contributed by atoms with Crippen LogP contribution in [0.2, 0.25) is 0 Å². The van der Waals surface area contributed by atoms with Crippen molar-refractivity contribution >= 4 is 30.0 Å². The Labute approximate surface area is 95.1 Å². The molecule has 0 fully saturated rings. The smallest absolute Gasteiger partial charge is 0.0574 e. The third-order valence-corrected chi connectivity index (χ3v) is 2.47. The molecule has 0 aliphatic heterocycles. The second kappa shape index (κ2) is 8.66. The quantitative estimate of drug-likeness (QED) is 0.582. The first-order valence-corrected chi connectivity index (χ1v) is 5.41. The second-order valence-corrected chi connectivity index (χ2v) is 4.20. The van der Waals surface area contributed by atoms with Gasteiger partial charge in [-0.3, -0.25) is 0 Å². The predicted molar refractivity (Wildman–Crippen MR) is 69.8 cm³/mol. The van der Waals surface area contributed by atoms with Crippen LogP contribution in [0, 0.1) is 0 Å². The third-order valence-electron chi connectivity index (χ3n) is 1.19. The normalized spacial score (nSPS) is 10.1. The minimum atomic E-state index is 1.07. The van der Waals surface area contributed by atoms with Crippen molar-refractivity contribution in [1.82, 2.24) is 0 Å². The van der Waals surface area contributed by atoms with Crippen molar-refractivity contribution < 1.29 is 0 Å². The molecular formula is C11H15NS2. The fraction of sp³-hybridized carbons (Fsp3) is 0.0909. The zero-order chi connectivity index (χ0) is 10.8. The van der Waals surface area contributed by atoms with Gasteiger partial charge in [0.1, 0.15) is 0 Å². The maximum absolute atomic E-state index is 4.89. The Morgan fingerprint density at radius 1 is 1.50 bits per heavy atom. The molecule has 1 nitrogen and oxygen atoms in total. The molecule has 1 aromatic heterocycles. The van der Waals surface area contributed by atoms with E-state index in [4.69, 9.17) is 5.73 Å². The first-order valence-electron chi connectivity index (χ1n) is 4.15. The molecule has 14 heavy (non-hydrogen) atoms. The van der Waals surface area contributed by atoms with Gasteiger partial charge in [-0.15, -0.1) is 24.0 Å². The van der Waals surface area contributed by atoms with Crippen molar-refractivity contribution in [2.45, 2.75) is 11.1 Å². The minimum Gasteiger partial charge on any atom is -0.405 e. The van der Waals surface area contributed by atoms with Crippen molar-refractivity contribution in [2.75, 3.05) is 0 Å². The molecule has 0 unspecified atom stereocenters. The van der Waals surface area contributed by atoms with Gasteiger partial charge in [-0.05, 0) is 37.4 Å². The van der Waals surface area contributed by atoms with Crippen LogP contribution in [-0.2, 0) is 0 Å². The van der Waals surface area contributed by atoms with Gasteiger partial charge in [0.15, 0.2) is 0 Å². The van der Waals surface area contributed by atoms with E-state index >= 15 is 0 Å². The predicted octanol–water partition coefficient (Wildman–Crippen LogP) is 3.71. The van der Waals surface area contributed by atoms with Gasteiger partial charge in [0.25, 0.3) is 0 Å². The maximum atomic E-state index is 4.89. The molecule has 1 heterocycles. The van der Waals surface area contributed by atoms with Crippen molar-refractivity contribution in [3.05, 3.63) is 48.0 Å². The molecular weight excluding hydrogens is 210 g/mol. The Kier molecular flexibility index (Phi) is 8.08. The zero-order valence-electron chi connectivity index (χ0n) is 8.18. The van der Waals surface area contributed by atoms with Gasteiger partial charge in [0, 0.05) is 4.88 Å². The minimum absolute atomic E-state index is 1.07. The SMILES string of the molecule is C/C=C/c1ccc(S)s1.C=C/C=C\N. The molecule has 76 valence electrons. The first-order chi connectivity index (χ1) is 6.74. The summed E-state index contributed by atoms with van der Waals surface area (Å²) in [4.78, 5) is 1.27. The third kappa shape index (κ3) is 6.57. The molecule has 0 saturated carbocycles. The highest BCUT2D eigenvalue weighted by atomic mass is 32.2. The molecule has 3 heteroatoms. The summed E-state index contributed by atoms with van der Waals surface area (Å²) < 4.78 is 1.07. The summed E-state index contributed by atoms with van der Waals surface area (Å²) in [6, 6.07) is 4.07. The van der Waals surface area contributed by atoms with E-state index in [-0.39, 0.29) is 0 Å². The van der Waals surface area contributed by atoms with Crippen molar-refractivity contribution in [3.63, 3.8) is 0 Å². The molecule has 1 rings (SSSR count). The largest absolute Gasteiger partial charge is 0.405 e. The lowest BCUT2D eigenvalue weighted by Gasteiger charge is -1.77. The second-order valence-electron chi connectivity index (χ2n) is 2.30. The average molecular weight is 225 g/mol. The van der Waals surface area contributed by atoms with Crippen LogP contribution in [-0.4, -0.2) is 0 Å². The van der Waals surface area contributed by atoms with Gasteiger partial charge in [-0.2, -0.15) is 0 Å². The Bertz CT molecular complexity index is 311. The highest BCUT2D eigenvalue weighted by Gasteiger charge is 1.88. The van der Waals surface area contributed by atoms with Crippen LogP contribution in [0.5, 0.6) is 0 Å². The van der Waals surface area contributed by atoms with E-state index in [2.05, 4.69) is 31.4 Å². The van der Waals surface area contributed by atoms with Crippen LogP contribution in [0.25, 0.3) is 6.08 Å². The Balaban J connectivity index is 0.000000292. The molecule has 0 atom stereocenters. The lowest BCUT2D eigenvalue weighted by Crippen LogP contribution is -1.71. The summed E-state index contributed by atoms with van der Waals surface area (Å²) >= 11 is 5.87. The monoisotopic (exact) mass is 225 g/mol. The summed E-state index contributed by atoms with van der Waals surface area (Å²) in [5, 5.41) is 0. The Morgan fingerprint density at radius 2 is 2.21 bits per heavy atom. The Morgan fingerprint density at radius 3 is 2.50 bits per heavy atom. The van der Waals surface area contributed by atoms with E-state index in [1.54, 1.807) is 23.5 Å². The van der Waals surface area contributed by atoms with Crippen molar-refractivity contribution in [1.29, 1.82) is 0 Å². The van der Waals surface area contributed by atoms with Gasteiger partial charge in [-0.1, -0.05) is 18.7 Å². The molecule has 2 N–H and O–H groups in total. The molecule has 0 aromatic carbocycles. The number of thiol groups is 1. The van der Waals surface area contributed by atoms with E-state index < -0.39 is 0 Å². The lowest BCUT2D eigenvalue weighted by atomic mass is 10.4. The summed E-state index contributed by atoms with van der Waals surface area (Å²) in [7, 11) is 0. The van der Waals surface area contributed by atoms with Gasteiger partial charge in [-0.25, -0.2) is 0 Å². The number of nitrogens with two attached hydrogens (primary N) is 1. The van der Waals surface area contributed by atoms with Crippen LogP contribution in [0.15, 0.2) is 47.3 Å². The fourth-order valence-electron chi connectivity index (χ4n) is 0.675. The molecule has 0 amide bonds. The van der Waals surface area contributed by atoms with Gasteiger partial charge in [0.2, 0.25) is 0 Å². The summed E-state index contributed by atoms with van der Waals surface area (Å²) in [6.07, 6.45) is 8.83. The lowest BCUT2D eigenvalue weighted by molar-refractivity contribution is 1.61. The summed E-state index contributed by atoms with van der Waals surface area (Å²) in [6.45, 7) is 5.40. The number of rotatable bonds is 2. The van der Waals surface area contributed by atoms with Gasteiger partial charge >= 0.3 is 0 Å². The topological polar surface area (TPSA) is 26.0 Å². The molecule has 0 spiro atoms. The number of hydrogen-bond acceptors (Lipinski definition) is 3. The van der Waals surface area contributed by atoms with E-state index in [9.17, 15) is 0 Å². The van der Waals surface area contributed by atoms with E-state index in [1.807, 2.05) is 19.1 Å². The number of allylic oxidation sites excluding steroid dienone is 3. The summed E-state index contributed by atoms with van der Waals surface area (Å²) in [5.41, 5.74) is 4.89. The van der Waals surface area contributed by atoms with Crippen molar-refractivity contribution in [3.8, 4) is 0 Å². The van der Waals surface area contributed by atoms with E-state index in [0.29, 0.717) is 0 Å². The standard InChI is InChI=1S/C7H8S2.C4H7N/c1-2-3-6-4-5-7(8)9-6;1-2-3-4-5/h2-5,8H,1H3;2-4H,1,5H2/b3-2+;4-3-. The molecule has 0 aliphatic carbocycles. The molecule has 0 radical (unpaired) electrons. The van der Waals surface area contributed by atoms with Crippen LogP contribution in [0.1, 0.15) is 11.8 Å². The summed E-state index contributed by atoms with van der Waals surface area (Å²) in [5.74, 6) is 0. The number of thiophene rings is 1. The zero-order valence-corrected chi connectivity index (χ0v) is 9.89. The number of hydrogen-bond donors (Lipinski definition) is 2. The molecule has 1 aromatic rings. The van der Waals surface area contributed by atoms with Gasteiger partial charge in [0.05, 0.1) is 4.21 Å². The van der Waals surface area contributed by atoms with Gasteiger partial charge < -0.3 is 5.73 Å². The van der Waals surface area contributed by atoms with Crippen LogP contribution in [0.3, 0.4) is 0 Å². The van der Waals surface area contributed by atoms with Crippen LogP contribution in [0.4, 0.5) is 0 Å². The van der Waals surface area contributed by atoms with Crippen molar-refractivity contribution in [2.24, 2.45) is 5.73 Å². The fourth-order valence-corrected chi connectivity index (χ4v) is 1.78.